The molecule has 1 amide bonds. The number of nitrogens with zero attached hydrogens (tertiary/aromatic N) is 1. The van der Waals surface area contributed by atoms with Crippen LogP contribution < -0.4 is 10.1 Å². The second kappa shape index (κ2) is 7.86. The molecule has 1 N–H and O–H groups in total. The monoisotopic (exact) mass is 362 g/mol. The number of hydrogen-bond donors (Lipinski definition) is 1. The van der Waals surface area contributed by atoms with E-state index in [1.807, 2.05) is 29.2 Å². The van der Waals surface area contributed by atoms with Crippen molar-refractivity contribution < 1.29 is 9.53 Å². The van der Waals surface area contributed by atoms with E-state index in [-0.39, 0.29) is 24.4 Å². The highest BCUT2D eigenvalue weighted by Gasteiger charge is 2.28. The van der Waals surface area contributed by atoms with Crippen molar-refractivity contribution in [2.24, 2.45) is 0 Å². The smallest absolute Gasteiger partial charge is 0.263 e. The number of amides is 1. The normalized spacial score (nSPS) is 19.9. The van der Waals surface area contributed by atoms with Crippen molar-refractivity contribution in [3.05, 3.63) is 28.7 Å². The van der Waals surface area contributed by atoms with Crippen LogP contribution in [0.1, 0.15) is 13.8 Å². The minimum atomic E-state index is -0.473. The van der Waals surface area contributed by atoms with Gasteiger partial charge in [-0.15, -0.1) is 12.4 Å². The van der Waals surface area contributed by atoms with Gasteiger partial charge in [0.2, 0.25) is 0 Å². The van der Waals surface area contributed by atoms with Gasteiger partial charge in [0.1, 0.15) is 5.75 Å². The van der Waals surface area contributed by atoms with Crippen LogP contribution in [0.3, 0.4) is 0 Å². The van der Waals surface area contributed by atoms with Crippen LogP contribution in [0.25, 0.3) is 0 Å². The van der Waals surface area contributed by atoms with E-state index in [1.54, 1.807) is 6.92 Å². The zero-order valence-corrected chi connectivity index (χ0v) is 14.0. The molecule has 0 radical (unpaired) electrons. The second-order valence-electron chi connectivity index (χ2n) is 4.78. The van der Waals surface area contributed by atoms with Crippen LogP contribution in [0.2, 0.25) is 0 Å². The molecule has 1 unspecified atom stereocenters. The van der Waals surface area contributed by atoms with Gasteiger partial charge < -0.3 is 15.0 Å². The predicted octanol–water partition coefficient (Wildman–Crippen LogP) is 2.46. The average molecular weight is 364 g/mol. The van der Waals surface area contributed by atoms with E-state index in [2.05, 4.69) is 28.2 Å². The summed E-state index contributed by atoms with van der Waals surface area (Å²) in [7, 11) is 0. The van der Waals surface area contributed by atoms with Crippen LogP contribution >= 0.6 is 28.3 Å². The van der Waals surface area contributed by atoms with Crippen molar-refractivity contribution >= 4 is 34.2 Å². The molecule has 20 heavy (non-hydrogen) atoms. The quantitative estimate of drug-likeness (QED) is 0.897. The van der Waals surface area contributed by atoms with E-state index in [0.717, 1.165) is 24.1 Å². The summed E-state index contributed by atoms with van der Waals surface area (Å²) >= 11 is 3.42. The first kappa shape index (κ1) is 17.3. The number of nitrogens with one attached hydrogen (secondary N) is 1. The lowest BCUT2D eigenvalue weighted by atomic mass is 10.2. The van der Waals surface area contributed by atoms with Crippen molar-refractivity contribution in [1.29, 1.82) is 0 Å². The topological polar surface area (TPSA) is 41.6 Å². The number of carbonyl (C=O) groups excluding carboxylic acids is 1. The maximum atomic E-state index is 12.4. The van der Waals surface area contributed by atoms with Gasteiger partial charge in [0.05, 0.1) is 4.47 Å². The van der Waals surface area contributed by atoms with Gasteiger partial charge in [-0.25, -0.2) is 0 Å². The van der Waals surface area contributed by atoms with Gasteiger partial charge in [-0.05, 0) is 41.9 Å². The number of rotatable bonds is 3. The molecule has 0 aliphatic carbocycles. The summed E-state index contributed by atoms with van der Waals surface area (Å²) in [5.74, 6) is 0.746. The highest BCUT2D eigenvalue weighted by Crippen LogP contribution is 2.25. The maximum absolute atomic E-state index is 12.4. The molecule has 1 saturated heterocycles. The van der Waals surface area contributed by atoms with Crippen molar-refractivity contribution in [1.82, 2.24) is 10.2 Å². The van der Waals surface area contributed by atoms with Gasteiger partial charge in [-0.2, -0.15) is 0 Å². The number of hydrogen-bond acceptors (Lipinski definition) is 3. The molecule has 1 aromatic carbocycles. The third-order valence-corrected chi connectivity index (χ3v) is 3.93. The highest BCUT2D eigenvalue weighted by molar-refractivity contribution is 9.10. The fourth-order valence-electron chi connectivity index (χ4n) is 2.18. The molecule has 6 heteroatoms. The number of para-hydroxylation sites is 1. The summed E-state index contributed by atoms with van der Waals surface area (Å²) in [6, 6.07) is 7.79. The molecule has 1 aromatic rings. The maximum Gasteiger partial charge on any atom is 0.263 e. The predicted molar refractivity (Wildman–Crippen MR) is 85.5 cm³/mol. The summed E-state index contributed by atoms with van der Waals surface area (Å²) in [5, 5.41) is 3.27. The zero-order valence-electron chi connectivity index (χ0n) is 11.6. The second-order valence-corrected chi connectivity index (χ2v) is 5.63. The summed E-state index contributed by atoms with van der Waals surface area (Å²) in [4.78, 5) is 14.3. The lowest BCUT2D eigenvalue weighted by molar-refractivity contribution is -0.140. The minimum absolute atomic E-state index is 0. The van der Waals surface area contributed by atoms with Crippen LogP contribution in [0.5, 0.6) is 5.75 Å². The Kier molecular flexibility index (Phi) is 6.79. The molecule has 1 heterocycles. The summed E-state index contributed by atoms with van der Waals surface area (Å²) in [6.07, 6.45) is -0.473. The summed E-state index contributed by atoms with van der Waals surface area (Å²) < 4.78 is 6.61. The molecule has 0 aromatic heterocycles. The standard InChI is InChI=1S/C14H19BrN2O2.ClH/c1-10-9-16-7-8-17(10)14(18)11(2)19-13-6-4-3-5-12(13)15;/h3-6,10-11,16H,7-9H2,1-2H3;1H/t10-,11?;/m1./s1. The van der Waals surface area contributed by atoms with Crippen LogP contribution in [0.15, 0.2) is 28.7 Å². The van der Waals surface area contributed by atoms with Gasteiger partial charge in [0.15, 0.2) is 6.10 Å². The molecule has 1 aliphatic rings. The van der Waals surface area contributed by atoms with Crippen LogP contribution in [0.4, 0.5) is 0 Å². The van der Waals surface area contributed by atoms with Crippen molar-refractivity contribution in [3.63, 3.8) is 0 Å². The van der Waals surface area contributed by atoms with Crippen LogP contribution in [0, 0.1) is 0 Å². The number of piperazine rings is 1. The number of carbonyl (C=O) groups is 1. The molecule has 2 rings (SSSR count). The van der Waals surface area contributed by atoms with Crippen LogP contribution in [-0.2, 0) is 4.79 Å². The van der Waals surface area contributed by atoms with E-state index in [1.165, 1.54) is 0 Å². The molecule has 1 fully saturated rings. The van der Waals surface area contributed by atoms with E-state index in [0.29, 0.717) is 5.75 Å². The fraction of sp³-hybridized carbons (Fsp3) is 0.500. The largest absolute Gasteiger partial charge is 0.480 e. The Bertz CT molecular complexity index is 459. The summed E-state index contributed by atoms with van der Waals surface area (Å²) in [5.41, 5.74) is 0. The first-order valence-corrected chi connectivity index (χ1v) is 7.31. The lowest BCUT2D eigenvalue weighted by Gasteiger charge is -2.35. The molecule has 0 spiro atoms. The van der Waals surface area contributed by atoms with E-state index >= 15 is 0 Å². The molecule has 0 saturated carbocycles. The highest BCUT2D eigenvalue weighted by atomic mass is 79.9. The Morgan fingerprint density at radius 3 is 2.85 bits per heavy atom. The molecule has 4 nitrogen and oxygen atoms in total. The Morgan fingerprint density at radius 2 is 2.20 bits per heavy atom. The van der Waals surface area contributed by atoms with E-state index < -0.39 is 6.10 Å². The van der Waals surface area contributed by atoms with E-state index in [9.17, 15) is 4.79 Å². The average Bonchev–Trinajstić information content (AvgIpc) is 2.41. The van der Waals surface area contributed by atoms with Crippen molar-refractivity contribution in [2.45, 2.75) is 26.0 Å². The molecular formula is C14H20BrClN2O2. The Hall–Kier alpha value is -0.780. The Balaban J connectivity index is 0.00000200. The van der Waals surface area contributed by atoms with Gasteiger partial charge in [0, 0.05) is 25.7 Å². The first-order chi connectivity index (χ1) is 9.09. The third kappa shape index (κ3) is 4.11. The van der Waals surface area contributed by atoms with Gasteiger partial charge in [-0.3, -0.25) is 4.79 Å². The van der Waals surface area contributed by atoms with Crippen molar-refractivity contribution in [3.8, 4) is 5.75 Å². The fourth-order valence-corrected chi connectivity index (χ4v) is 2.56. The lowest BCUT2D eigenvalue weighted by Crippen LogP contribution is -2.55. The zero-order chi connectivity index (χ0) is 13.8. The van der Waals surface area contributed by atoms with Crippen LogP contribution in [-0.4, -0.2) is 42.6 Å². The molecule has 112 valence electrons. The minimum Gasteiger partial charge on any atom is -0.480 e. The third-order valence-electron chi connectivity index (χ3n) is 3.27. The first-order valence-electron chi connectivity index (χ1n) is 6.52. The molecule has 1 aliphatic heterocycles. The number of benzene rings is 1. The van der Waals surface area contributed by atoms with Gasteiger partial charge in [0.25, 0.3) is 5.91 Å². The Labute approximate surface area is 134 Å². The van der Waals surface area contributed by atoms with Gasteiger partial charge in [-0.1, -0.05) is 12.1 Å². The molecular weight excluding hydrogens is 344 g/mol. The SMILES string of the molecule is CC(Oc1ccccc1Br)C(=O)N1CCNC[C@H]1C.Cl. The molecule has 0 bridgehead atoms. The number of halogens is 2. The van der Waals surface area contributed by atoms with Crippen molar-refractivity contribution in [2.75, 3.05) is 19.6 Å². The summed E-state index contributed by atoms with van der Waals surface area (Å²) in [6.45, 7) is 6.28. The van der Waals surface area contributed by atoms with Gasteiger partial charge >= 0.3 is 0 Å². The molecule has 2 atom stereocenters. The number of ether oxygens (including phenoxy) is 1. The van der Waals surface area contributed by atoms with E-state index in [4.69, 9.17) is 4.74 Å². The Morgan fingerprint density at radius 1 is 1.50 bits per heavy atom.